The first-order valence-corrected chi connectivity index (χ1v) is 4.70. The highest BCUT2D eigenvalue weighted by Crippen LogP contribution is 2.30. The monoisotopic (exact) mass is 242 g/mol. The molecule has 13 heavy (non-hydrogen) atoms. The first kappa shape index (κ1) is 11.1. The second-order valence-electron chi connectivity index (χ2n) is 2.48. The van der Waals surface area contributed by atoms with Gasteiger partial charge in [-0.2, -0.15) is 12.6 Å². The zero-order valence-corrected chi connectivity index (χ0v) is 8.75. The maximum Gasteiger partial charge on any atom is 0.254 e. The van der Waals surface area contributed by atoms with E-state index in [2.05, 4.69) is 12.6 Å². The van der Waals surface area contributed by atoms with Gasteiger partial charge in [-0.3, -0.25) is 0 Å². The lowest BCUT2D eigenvalue weighted by molar-refractivity contribution is 0.146. The molecule has 1 atom stereocenters. The lowest BCUT2D eigenvalue weighted by Gasteiger charge is -2.10. The summed E-state index contributed by atoms with van der Waals surface area (Å²) in [4.78, 5) is 0. The van der Waals surface area contributed by atoms with Crippen molar-refractivity contribution in [1.29, 1.82) is 0 Å². The predicted octanol–water partition coefficient (Wildman–Crippen LogP) is 4.23. The van der Waals surface area contributed by atoms with Crippen LogP contribution in [-0.4, -0.2) is 6.43 Å². The van der Waals surface area contributed by atoms with Crippen LogP contribution in [0.1, 0.15) is 10.8 Å². The van der Waals surface area contributed by atoms with Crippen LogP contribution in [0.15, 0.2) is 18.2 Å². The molecule has 0 radical (unpaired) electrons. The predicted molar refractivity (Wildman–Crippen MR) is 54.2 cm³/mol. The first-order valence-electron chi connectivity index (χ1n) is 3.43. The summed E-state index contributed by atoms with van der Waals surface area (Å²) in [5.41, 5.74) is 0.329. The van der Waals surface area contributed by atoms with Crippen molar-refractivity contribution in [3.05, 3.63) is 33.8 Å². The van der Waals surface area contributed by atoms with E-state index < -0.39 is 11.7 Å². The van der Waals surface area contributed by atoms with Crippen molar-refractivity contribution in [1.82, 2.24) is 0 Å². The SMILES string of the molecule is FC(F)[C@H](S)c1cc(Cl)cc(Cl)c1. The van der Waals surface area contributed by atoms with Gasteiger partial charge in [0, 0.05) is 10.0 Å². The standard InChI is InChI=1S/C8H6Cl2F2S/c9-5-1-4(2-6(10)3-5)7(13)8(11)12/h1-3,7-8,13H/t7-/m1/s1. The minimum atomic E-state index is -2.53. The lowest BCUT2D eigenvalue weighted by atomic mass is 10.1. The van der Waals surface area contributed by atoms with Crippen LogP contribution in [0.5, 0.6) is 0 Å². The number of hydrogen-bond acceptors (Lipinski definition) is 1. The Balaban J connectivity index is 3.01. The van der Waals surface area contributed by atoms with Gasteiger partial charge in [0.25, 0.3) is 6.43 Å². The summed E-state index contributed by atoms with van der Waals surface area (Å²) < 4.78 is 24.4. The van der Waals surface area contributed by atoms with Crippen LogP contribution in [0.2, 0.25) is 10.0 Å². The fraction of sp³-hybridized carbons (Fsp3) is 0.250. The summed E-state index contributed by atoms with van der Waals surface area (Å²) >= 11 is 15.0. The number of thiol groups is 1. The fourth-order valence-corrected chi connectivity index (χ4v) is 1.58. The Morgan fingerprint density at radius 1 is 1.08 bits per heavy atom. The minimum absolute atomic E-state index is 0.329. The van der Waals surface area contributed by atoms with E-state index in [1.165, 1.54) is 18.2 Å². The van der Waals surface area contributed by atoms with Crippen molar-refractivity contribution in [2.45, 2.75) is 11.7 Å². The molecule has 0 aromatic heterocycles. The van der Waals surface area contributed by atoms with Gasteiger partial charge in [0.1, 0.15) is 0 Å². The highest BCUT2D eigenvalue weighted by Gasteiger charge is 2.18. The van der Waals surface area contributed by atoms with Crippen LogP contribution < -0.4 is 0 Å². The second-order valence-corrected chi connectivity index (χ2v) is 3.91. The van der Waals surface area contributed by atoms with Crippen molar-refractivity contribution < 1.29 is 8.78 Å². The average molecular weight is 243 g/mol. The Hall–Kier alpha value is 0.01000. The van der Waals surface area contributed by atoms with Gasteiger partial charge in [-0.05, 0) is 23.8 Å². The first-order chi connectivity index (χ1) is 6.00. The lowest BCUT2D eigenvalue weighted by Crippen LogP contribution is -2.01. The zero-order valence-electron chi connectivity index (χ0n) is 6.35. The molecule has 1 aromatic carbocycles. The van der Waals surface area contributed by atoms with E-state index in [-0.39, 0.29) is 0 Å². The van der Waals surface area contributed by atoms with E-state index in [0.29, 0.717) is 15.6 Å². The quantitative estimate of drug-likeness (QED) is 0.738. The molecule has 0 aliphatic rings. The third-order valence-corrected chi connectivity index (χ3v) is 2.43. The molecule has 5 heteroatoms. The molecule has 0 fully saturated rings. The maximum absolute atomic E-state index is 12.2. The Morgan fingerprint density at radius 2 is 1.54 bits per heavy atom. The normalized spacial score (nSPS) is 13.4. The van der Waals surface area contributed by atoms with E-state index >= 15 is 0 Å². The summed E-state index contributed by atoms with van der Waals surface area (Å²) in [5, 5.41) is -0.472. The van der Waals surface area contributed by atoms with Crippen molar-refractivity contribution in [2.75, 3.05) is 0 Å². The van der Waals surface area contributed by atoms with Gasteiger partial charge in [-0.25, -0.2) is 8.78 Å². The number of hydrogen-bond donors (Lipinski definition) is 1. The molecule has 0 N–H and O–H groups in total. The molecule has 0 bridgehead atoms. The third-order valence-electron chi connectivity index (χ3n) is 1.47. The molecule has 0 aliphatic carbocycles. The molecule has 0 unspecified atom stereocenters. The van der Waals surface area contributed by atoms with E-state index in [1.54, 1.807) is 0 Å². The summed E-state index contributed by atoms with van der Waals surface area (Å²) in [6, 6.07) is 4.34. The third kappa shape index (κ3) is 3.01. The Bertz CT molecular complexity index is 284. The highest BCUT2D eigenvalue weighted by atomic mass is 35.5. The smallest absolute Gasteiger partial charge is 0.209 e. The van der Waals surface area contributed by atoms with Crippen molar-refractivity contribution >= 4 is 35.8 Å². The number of benzene rings is 1. The summed E-state index contributed by atoms with van der Waals surface area (Å²) in [6.07, 6.45) is -2.53. The van der Waals surface area contributed by atoms with E-state index in [9.17, 15) is 8.78 Å². The zero-order chi connectivity index (χ0) is 10.0. The highest BCUT2D eigenvalue weighted by molar-refractivity contribution is 7.80. The van der Waals surface area contributed by atoms with Crippen LogP contribution in [-0.2, 0) is 0 Å². The van der Waals surface area contributed by atoms with Gasteiger partial charge in [-0.1, -0.05) is 23.2 Å². The van der Waals surface area contributed by atoms with Crippen molar-refractivity contribution in [3.8, 4) is 0 Å². The van der Waals surface area contributed by atoms with Crippen LogP contribution in [0, 0.1) is 0 Å². The van der Waals surface area contributed by atoms with Crippen molar-refractivity contribution in [3.63, 3.8) is 0 Å². The molecule has 0 aliphatic heterocycles. The molecule has 0 nitrogen and oxygen atoms in total. The van der Waals surface area contributed by atoms with Gasteiger partial charge in [-0.15, -0.1) is 0 Å². The van der Waals surface area contributed by atoms with Gasteiger partial charge in [0.15, 0.2) is 0 Å². The molecular formula is C8H6Cl2F2S. The molecule has 0 spiro atoms. The van der Waals surface area contributed by atoms with Crippen LogP contribution in [0.25, 0.3) is 0 Å². The Labute approximate surface area is 90.3 Å². The van der Waals surface area contributed by atoms with Gasteiger partial charge in [0.05, 0.1) is 5.25 Å². The second kappa shape index (κ2) is 4.49. The van der Waals surface area contributed by atoms with Crippen LogP contribution in [0.4, 0.5) is 8.78 Å². The molecule has 0 amide bonds. The molecular weight excluding hydrogens is 237 g/mol. The molecule has 0 saturated carbocycles. The van der Waals surface area contributed by atoms with Gasteiger partial charge < -0.3 is 0 Å². The number of rotatable bonds is 2. The van der Waals surface area contributed by atoms with Crippen LogP contribution >= 0.6 is 35.8 Å². The topological polar surface area (TPSA) is 0 Å². The molecule has 72 valence electrons. The fourth-order valence-electron chi connectivity index (χ4n) is 0.891. The average Bonchev–Trinajstić information content (AvgIpc) is 2.01. The molecule has 0 saturated heterocycles. The number of halogens is 4. The summed E-state index contributed by atoms with van der Waals surface area (Å²) in [7, 11) is 0. The maximum atomic E-state index is 12.2. The van der Waals surface area contributed by atoms with Crippen LogP contribution in [0.3, 0.4) is 0 Å². The molecule has 1 aromatic rings. The molecule has 1 rings (SSSR count). The summed E-state index contributed by atoms with van der Waals surface area (Å²) in [5.74, 6) is 0. The number of alkyl halides is 2. The Kier molecular flexibility index (Phi) is 3.83. The van der Waals surface area contributed by atoms with E-state index in [1.807, 2.05) is 0 Å². The Morgan fingerprint density at radius 3 is 1.92 bits per heavy atom. The van der Waals surface area contributed by atoms with Gasteiger partial charge >= 0.3 is 0 Å². The molecule has 0 heterocycles. The van der Waals surface area contributed by atoms with Gasteiger partial charge in [0.2, 0.25) is 0 Å². The van der Waals surface area contributed by atoms with Crippen molar-refractivity contribution in [2.24, 2.45) is 0 Å². The minimum Gasteiger partial charge on any atom is -0.209 e. The largest absolute Gasteiger partial charge is 0.254 e. The summed E-state index contributed by atoms with van der Waals surface area (Å²) in [6.45, 7) is 0. The van der Waals surface area contributed by atoms with E-state index in [0.717, 1.165) is 0 Å². The van der Waals surface area contributed by atoms with E-state index in [4.69, 9.17) is 23.2 Å².